The van der Waals surface area contributed by atoms with Crippen molar-refractivity contribution in [2.24, 2.45) is 7.05 Å². The Morgan fingerprint density at radius 2 is 2.07 bits per heavy atom. The lowest BCUT2D eigenvalue weighted by molar-refractivity contribution is -0.113. The number of carbonyl (C=O) groups is 1. The minimum Gasteiger partial charge on any atom is -0.301 e. The zero-order valence-corrected chi connectivity index (χ0v) is 17.8. The van der Waals surface area contributed by atoms with Gasteiger partial charge in [0.1, 0.15) is 11.4 Å². The van der Waals surface area contributed by atoms with Gasteiger partial charge in [0.25, 0.3) is 0 Å². The molecule has 0 fully saturated rings. The number of amides is 1. The predicted octanol–water partition coefficient (Wildman–Crippen LogP) is 4.17. The maximum atomic E-state index is 12.4. The van der Waals surface area contributed by atoms with Crippen molar-refractivity contribution in [3.8, 4) is 11.3 Å². The van der Waals surface area contributed by atoms with Crippen LogP contribution in [0.25, 0.3) is 22.3 Å². The third-order valence-electron chi connectivity index (χ3n) is 4.37. The molecule has 0 radical (unpaired) electrons. The first-order chi connectivity index (χ1) is 14.1. The normalized spacial score (nSPS) is 11.1. The van der Waals surface area contributed by atoms with Crippen LogP contribution in [0.4, 0.5) is 5.13 Å². The number of benzene rings is 1. The Hall–Kier alpha value is -2.78. The molecular formula is C20H20N6OS2. The van der Waals surface area contributed by atoms with Crippen molar-refractivity contribution in [1.29, 1.82) is 0 Å². The van der Waals surface area contributed by atoms with Gasteiger partial charge in [0, 0.05) is 18.0 Å². The van der Waals surface area contributed by atoms with Gasteiger partial charge in [-0.15, -0.1) is 11.3 Å². The van der Waals surface area contributed by atoms with E-state index in [-0.39, 0.29) is 11.7 Å². The van der Waals surface area contributed by atoms with E-state index in [1.165, 1.54) is 35.0 Å². The van der Waals surface area contributed by atoms with Crippen LogP contribution in [0, 0.1) is 0 Å². The van der Waals surface area contributed by atoms with Gasteiger partial charge in [-0.25, -0.2) is 15.0 Å². The molecule has 7 nitrogen and oxygen atoms in total. The van der Waals surface area contributed by atoms with Crippen LogP contribution in [0.5, 0.6) is 0 Å². The van der Waals surface area contributed by atoms with Crippen LogP contribution in [0.3, 0.4) is 0 Å². The molecule has 0 atom stereocenters. The molecule has 4 aromatic rings. The van der Waals surface area contributed by atoms with Crippen molar-refractivity contribution < 1.29 is 4.79 Å². The van der Waals surface area contributed by atoms with Gasteiger partial charge in [-0.2, -0.15) is 5.10 Å². The Bertz CT molecular complexity index is 1140. The molecule has 0 spiro atoms. The first-order valence-corrected chi connectivity index (χ1v) is 11.1. The van der Waals surface area contributed by atoms with Crippen LogP contribution in [0.1, 0.15) is 18.9 Å². The highest BCUT2D eigenvalue weighted by molar-refractivity contribution is 8.00. The van der Waals surface area contributed by atoms with Crippen molar-refractivity contribution in [3.63, 3.8) is 0 Å². The topological polar surface area (TPSA) is 85.6 Å². The highest BCUT2D eigenvalue weighted by Gasteiger charge is 2.12. The van der Waals surface area contributed by atoms with Gasteiger partial charge in [-0.1, -0.05) is 49.4 Å². The lowest BCUT2D eigenvalue weighted by Crippen LogP contribution is -2.14. The molecule has 1 N–H and O–H groups in total. The maximum absolute atomic E-state index is 12.4. The van der Waals surface area contributed by atoms with Crippen molar-refractivity contribution in [3.05, 3.63) is 47.7 Å². The van der Waals surface area contributed by atoms with Crippen LogP contribution >= 0.6 is 23.1 Å². The SMILES string of the molecule is CCCc1ccc(-c2csc(NC(=O)CSc3ncnc4c3cnn4C)n2)cc1. The average molecular weight is 425 g/mol. The molecule has 9 heteroatoms. The number of nitrogens with zero attached hydrogens (tertiary/aromatic N) is 5. The summed E-state index contributed by atoms with van der Waals surface area (Å²) in [5, 5.41) is 11.2. The van der Waals surface area contributed by atoms with Gasteiger partial charge in [0.15, 0.2) is 10.8 Å². The summed E-state index contributed by atoms with van der Waals surface area (Å²) in [6, 6.07) is 8.42. The number of thiazole rings is 1. The molecule has 0 saturated carbocycles. The summed E-state index contributed by atoms with van der Waals surface area (Å²) in [6.45, 7) is 2.17. The second-order valence-electron chi connectivity index (χ2n) is 6.51. The fourth-order valence-corrected chi connectivity index (χ4v) is 4.44. The number of nitrogens with one attached hydrogen (secondary N) is 1. The van der Waals surface area contributed by atoms with Crippen molar-refractivity contribution in [2.75, 3.05) is 11.1 Å². The lowest BCUT2D eigenvalue weighted by Gasteiger charge is -2.03. The van der Waals surface area contributed by atoms with E-state index in [1.807, 2.05) is 12.4 Å². The molecule has 0 aliphatic heterocycles. The summed E-state index contributed by atoms with van der Waals surface area (Å²) < 4.78 is 1.69. The molecule has 0 saturated heterocycles. The molecule has 1 amide bonds. The highest BCUT2D eigenvalue weighted by atomic mass is 32.2. The van der Waals surface area contributed by atoms with E-state index in [1.54, 1.807) is 10.9 Å². The summed E-state index contributed by atoms with van der Waals surface area (Å²) >= 11 is 2.78. The largest absolute Gasteiger partial charge is 0.301 e. The van der Waals surface area contributed by atoms with Gasteiger partial charge in [0.05, 0.1) is 23.0 Å². The Morgan fingerprint density at radius 3 is 2.86 bits per heavy atom. The number of rotatable bonds is 7. The Kier molecular flexibility index (Phi) is 5.86. The van der Waals surface area contributed by atoms with Crippen LogP contribution < -0.4 is 5.32 Å². The minimum atomic E-state index is -0.121. The third kappa shape index (κ3) is 4.46. The number of hydrogen-bond acceptors (Lipinski definition) is 7. The molecule has 148 valence electrons. The van der Waals surface area contributed by atoms with E-state index in [2.05, 4.69) is 56.6 Å². The molecule has 3 heterocycles. The predicted molar refractivity (Wildman–Crippen MR) is 117 cm³/mol. The molecular weight excluding hydrogens is 404 g/mol. The van der Waals surface area contributed by atoms with Crippen LogP contribution in [-0.4, -0.2) is 36.4 Å². The summed E-state index contributed by atoms with van der Waals surface area (Å²) in [5.74, 6) is 0.117. The summed E-state index contributed by atoms with van der Waals surface area (Å²) in [5.41, 5.74) is 3.99. The van der Waals surface area contributed by atoms with E-state index in [0.717, 1.165) is 40.2 Å². The van der Waals surface area contributed by atoms with Gasteiger partial charge in [-0.3, -0.25) is 9.48 Å². The summed E-state index contributed by atoms with van der Waals surface area (Å²) in [7, 11) is 1.83. The number of fused-ring (bicyclic) bond motifs is 1. The minimum absolute atomic E-state index is 0.121. The van der Waals surface area contributed by atoms with E-state index in [4.69, 9.17) is 0 Å². The van der Waals surface area contributed by atoms with Crippen molar-refractivity contribution in [1.82, 2.24) is 24.7 Å². The molecule has 4 rings (SSSR count). The number of carbonyl (C=O) groups excluding carboxylic acids is 1. The Balaban J connectivity index is 1.37. The third-order valence-corrected chi connectivity index (χ3v) is 6.13. The zero-order chi connectivity index (χ0) is 20.2. The van der Waals surface area contributed by atoms with Gasteiger partial charge >= 0.3 is 0 Å². The first kappa shape index (κ1) is 19.5. The number of anilines is 1. The average Bonchev–Trinajstić information content (AvgIpc) is 3.35. The quantitative estimate of drug-likeness (QED) is 0.354. The standard InChI is InChI=1S/C20H20N6OS2/c1-3-4-13-5-7-14(8-6-13)16-10-29-20(24-16)25-17(27)11-28-19-15-9-23-26(2)18(15)21-12-22-19/h5-10,12H,3-4,11H2,1-2H3,(H,24,25,27). The smallest absolute Gasteiger partial charge is 0.236 e. The molecule has 0 aliphatic rings. The molecule has 0 aliphatic carbocycles. The maximum Gasteiger partial charge on any atom is 0.236 e. The molecule has 0 unspecified atom stereocenters. The summed E-state index contributed by atoms with van der Waals surface area (Å²) in [4.78, 5) is 25.4. The first-order valence-electron chi connectivity index (χ1n) is 9.24. The number of aromatic nitrogens is 5. The number of aryl methyl sites for hydroxylation is 2. The lowest BCUT2D eigenvalue weighted by atomic mass is 10.1. The zero-order valence-electron chi connectivity index (χ0n) is 16.1. The van der Waals surface area contributed by atoms with Crippen LogP contribution in [0.2, 0.25) is 0 Å². The number of thioether (sulfide) groups is 1. The molecule has 3 aromatic heterocycles. The number of hydrogen-bond donors (Lipinski definition) is 1. The van der Waals surface area contributed by atoms with Crippen molar-refractivity contribution in [2.45, 2.75) is 24.8 Å². The van der Waals surface area contributed by atoms with Gasteiger partial charge in [0.2, 0.25) is 5.91 Å². The fourth-order valence-electron chi connectivity index (χ4n) is 2.94. The van der Waals surface area contributed by atoms with Crippen LogP contribution in [0.15, 0.2) is 47.2 Å². The van der Waals surface area contributed by atoms with Gasteiger partial charge < -0.3 is 5.32 Å². The summed E-state index contributed by atoms with van der Waals surface area (Å²) in [6.07, 6.45) is 5.41. The van der Waals surface area contributed by atoms with Crippen LogP contribution in [-0.2, 0) is 18.3 Å². The monoisotopic (exact) mass is 424 g/mol. The molecule has 1 aromatic carbocycles. The Morgan fingerprint density at radius 1 is 1.24 bits per heavy atom. The highest BCUT2D eigenvalue weighted by Crippen LogP contribution is 2.27. The second-order valence-corrected chi connectivity index (χ2v) is 8.33. The molecule has 29 heavy (non-hydrogen) atoms. The van der Waals surface area contributed by atoms with E-state index in [9.17, 15) is 4.79 Å². The van der Waals surface area contributed by atoms with E-state index in [0.29, 0.717) is 5.13 Å². The van der Waals surface area contributed by atoms with E-state index < -0.39 is 0 Å². The Labute approximate surface area is 176 Å². The van der Waals surface area contributed by atoms with Crippen molar-refractivity contribution >= 4 is 45.2 Å². The van der Waals surface area contributed by atoms with E-state index >= 15 is 0 Å². The fraction of sp³-hybridized carbons (Fsp3) is 0.250. The molecule has 0 bridgehead atoms. The second kappa shape index (κ2) is 8.71. The van der Waals surface area contributed by atoms with Gasteiger partial charge in [-0.05, 0) is 12.0 Å².